The number of fused-ring (bicyclic) bond motifs is 1. The summed E-state index contributed by atoms with van der Waals surface area (Å²) in [5.74, 6) is -0.199. The van der Waals surface area contributed by atoms with Crippen molar-refractivity contribution in [3.63, 3.8) is 0 Å². The van der Waals surface area contributed by atoms with E-state index in [-0.39, 0.29) is 11.9 Å². The van der Waals surface area contributed by atoms with Gasteiger partial charge < -0.3 is 5.32 Å². The van der Waals surface area contributed by atoms with Crippen LogP contribution in [0, 0.1) is 0 Å². The van der Waals surface area contributed by atoms with Gasteiger partial charge in [-0.15, -0.1) is 11.3 Å². The molecule has 1 aliphatic heterocycles. The number of hydrogen-bond acceptors (Lipinski definition) is 6. The van der Waals surface area contributed by atoms with Crippen molar-refractivity contribution in [3.8, 4) is 10.4 Å². The van der Waals surface area contributed by atoms with Crippen LogP contribution in [0.15, 0.2) is 47.8 Å². The zero-order chi connectivity index (χ0) is 18.1. The van der Waals surface area contributed by atoms with E-state index < -0.39 is 5.25 Å². The van der Waals surface area contributed by atoms with Crippen LogP contribution in [0.4, 0.5) is 4.79 Å². The van der Waals surface area contributed by atoms with E-state index in [0.717, 1.165) is 25.7 Å². The van der Waals surface area contributed by atoms with Crippen molar-refractivity contribution < 1.29 is 9.59 Å². The number of nitrogens with one attached hydrogen (secondary N) is 1. The molecule has 26 heavy (non-hydrogen) atoms. The van der Waals surface area contributed by atoms with E-state index in [4.69, 9.17) is 0 Å². The highest BCUT2D eigenvalue weighted by Crippen LogP contribution is 2.37. The molecular formula is C18H16N4O2S2. The van der Waals surface area contributed by atoms with Crippen molar-refractivity contribution in [3.05, 3.63) is 42.7 Å². The predicted molar refractivity (Wildman–Crippen MR) is 103 cm³/mol. The molecule has 1 N–H and O–H groups in total. The number of rotatable bonds is 4. The fraction of sp³-hybridized carbons (Fsp3) is 0.222. The monoisotopic (exact) mass is 384 g/mol. The molecular weight excluding hydrogens is 368 g/mol. The van der Waals surface area contributed by atoms with Crippen LogP contribution in [0.25, 0.3) is 20.7 Å². The lowest BCUT2D eigenvalue weighted by atomic mass is 10.2. The molecule has 1 fully saturated rings. The van der Waals surface area contributed by atoms with Gasteiger partial charge in [-0.05, 0) is 18.6 Å². The topological polar surface area (TPSA) is 75.2 Å². The molecule has 2 aromatic heterocycles. The minimum atomic E-state index is -0.406. The van der Waals surface area contributed by atoms with Crippen molar-refractivity contribution in [2.45, 2.75) is 17.2 Å². The molecule has 0 spiro atoms. The summed E-state index contributed by atoms with van der Waals surface area (Å²) in [7, 11) is 0. The average Bonchev–Trinajstić information content (AvgIpc) is 3.28. The molecule has 0 bridgehead atoms. The normalized spacial score (nSPS) is 15.3. The Morgan fingerprint density at radius 2 is 2.12 bits per heavy atom. The third-order valence-corrected chi connectivity index (χ3v) is 6.31. The minimum absolute atomic E-state index is 0.199. The van der Waals surface area contributed by atoms with Crippen LogP contribution in [0.2, 0.25) is 0 Å². The van der Waals surface area contributed by atoms with E-state index >= 15 is 0 Å². The first-order valence-corrected chi connectivity index (χ1v) is 9.89. The number of nitrogens with zero attached hydrogens (tertiary/aromatic N) is 3. The van der Waals surface area contributed by atoms with Crippen LogP contribution in [0.1, 0.15) is 6.92 Å². The number of thiophene rings is 1. The molecule has 0 unspecified atom stereocenters. The van der Waals surface area contributed by atoms with Crippen molar-refractivity contribution in [1.82, 2.24) is 20.2 Å². The molecule has 1 saturated heterocycles. The standard InChI is InChI=1S/C18H16N4O2S2/c1-11(17(23)22-8-7-19-18(22)24)25-15-13-9-14(12-5-3-2-4-6-12)26-16(13)21-10-20-15/h2-6,9-11H,7-8H2,1H3,(H,19,24)/t11-/m0/s1. The summed E-state index contributed by atoms with van der Waals surface area (Å²) in [4.78, 5) is 36.2. The largest absolute Gasteiger partial charge is 0.336 e. The van der Waals surface area contributed by atoms with Crippen LogP contribution < -0.4 is 5.32 Å². The SMILES string of the molecule is C[C@H](Sc1ncnc2sc(-c3ccccc3)cc12)C(=O)N1CCNC1=O. The second kappa shape index (κ2) is 7.05. The van der Waals surface area contributed by atoms with E-state index in [1.54, 1.807) is 18.3 Å². The van der Waals surface area contributed by atoms with Gasteiger partial charge in [0.25, 0.3) is 0 Å². The fourth-order valence-electron chi connectivity index (χ4n) is 2.79. The first-order valence-electron chi connectivity index (χ1n) is 8.19. The zero-order valence-corrected chi connectivity index (χ0v) is 15.6. The Morgan fingerprint density at radius 3 is 2.85 bits per heavy atom. The van der Waals surface area contributed by atoms with Gasteiger partial charge in [-0.1, -0.05) is 42.1 Å². The smallest absolute Gasteiger partial charge is 0.324 e. The molecule has 8 heteroatoms. The van der Waals surface area contributed by atoms with Gasteiger partial charge in [-0.3, -0.25) is 9.69 Å². The van der Waals surface area contributed by atoms with Gasteiger partial charge in [0.2, 0.25) is 5.91 Å². The third-order valence-electron chi connectivity index (χ3n) is 4.11. The Balaban J connectivity index is 1.61. The van der Waals surface area contributed by atoms with Gasteiger partial charge in [0, 0.05) is 23.4 Å². The summed E-state index contributed by atoms with van der Waals surface area (Å²) < 4.78 is 0. The van der Waals surface area contributed by atoms with Crippen LogP contribution in [-0.4, -0.2) is 45.1 Å². The Bertz CT molecular complexity index is 974. The summed E-state index contributed by atoms with van der Waals surface area (Å²) in [6.45, 7) is 2.72. The van der Waals surface area contributed by atoms with Gasteiger partial charge in [0.05, 0.1) is 5.25 Å². The maximum Gasteiger partial charge on any atom is 0.324 e. The lowest BCUT2D eigenvalue weighted by molar-refractivity contribution is -0.126. The van der Waals surface area contributed by atoms with E-state index in [0.29, 0.717) is 13.1 Å². The Labute approximate surface area is 158 Å². The Morgan fingerprint density at radius 1 is 1.31 bits per heavy atom. The lowest BCUT2D eigenvalue weighted by Crippen LogP contribution is -2.38. The van der Waals surface area contributed by atoms with Crippen LogP contribution in [0.5, 0.6) is 0 Å². The van der Waals surface area contributed by atoms with Crippen molar-refractivity contribution >= 4 is 45.3 Å². The number of amides is 3. The van der Waals surface area contributed by atoms with Crippen LogP contribution in [0.3, 0.4) is 0 Å². The molecule has 3 aromatic rings. The van der Waals surface area contributed by atoms with E-state index in [1.165, 1.54) is 23.0 Å². The number of aromatic nitrogens is 2. The quantitative estimate of drug-likeness (QED) is 0.551. The number of hydrogen-bond donors (Lipinski definition) is 1. The second-order valence-corrected chi connectivity index (χ2v) is 8.22. The predicted octanol–water partition coefficient (Wildman–Crippen LogP) is 3.39. The minimum Gasteiger partial charge on any atom is -0.336 e. The maximum atomic E-state index is 12.5. The molecule has 0 radical (unpaired) electrons. The average molecular weight is 384 g/mol. The number of imide groups is 1. The van der Waals surface area contributed by atoms with Gasteiger partial charge >= 0.3 is 6.03 Å². The number of benzene rings is 1. The van der Waals surface area contributed by atoms with Crippen molar-refractivity contribution in [1.29, 1.82) is 0 Å². The number of thioether (sulfide) groups is 1. The van der Waals surface area contributed by atoms with Gasteiger partial charge in [0.1, 0.15) is 16.2 Å². The molecule has 6 nitrogen and oxygen atoms in total. The summed E-state index contributed by atoms with van der Waals surface area (Å²) in [5, 5.41) is 3.94. The Kier molecular flexibility index (Phi) is 4.60. The fourth-order valence-corrected chi connectivity index (χ4v) is 4.81. The Hall–Kier alpha value is -2.45. The van der Waals surface area contributed by atoms with Crippen LogP contribution >= 0.6 is 23.1 Å². The molecule has 4 rings (SSSR count). The second-order valence-electron chi connectivity index (χ2n) is 5.86. The molecule has 132 valence electrons. The van der Waals surface area contributed by atoms with Gasteiger partial charge in [-0.2, -0.15) is 0 Å². The number of carbonyl (C=O) groups excluding carboxylic acids is 2. The molecule has 1 aromatic carbocycles. The summed E-state index contributed by atoms with van der Waals surface area (Å²) in [6.07, 6.45) is 1.52. The summed E-state index contributed by atoms with van der Waals surface area (Å²) in [5.41, 5.74) is 1.13. The van der Waals surface area contributed by atoms with Crippen molar-refractivity contribution in [2.75, 3.05) is 13.1 Å². The van der Waals surface area contributed by atoms with Crippen molar-refractivity contribution in [2.24, 2.45) is 0 Å². The lowest BCUT2D eigenvalue weighted by Gasteiger charge is -2.17. The zero-order valence-electron chi connectivity index (χ0n) is 14.0. The van der Waals surface area contributed by atoms with E-state index in [1.807, 2.05) is 18.2 Å². The first kappa shape index (κ1) is 17.0. The molecule has 1 aliphatic rings. The first-order chi connectivity index (χ1) is 12.6. The molecule has 3 amide bonds. The summed E-state index contributed by atoms with van der Waals surface area (Å²) in [6, 6.07) is 11.9. The number of urea groups is 1. The molecule has 0 saturated carbocycles. The molecule has 0 aliphatic carbocycles. The molecule has 1 atom stereocenters. The highest BCUT2D eigenvalue weighted by molar-refractivity contribution is 8.00. The summed E-state index contributed by atoms with van der Waals surface area (Å²) >= 11 is 2.96. The maximum absolute atomic E-state index is 12.5. The van der Waals surface area contributed by atoms with Gasteiger partial charge in [-0.25, -0.2) is 14.8 Å². The highest BCUT2D eigenvalue weighted by atomic mass is 32.2. The third kappa shape index (κ3) is 3.17. The van der Waals surface area contributed by atoms with E-state index in [2.05, 4.69) is 33.5 Å². The van der Waals surface area contributed by atoms with Crippen LogP contribution in [-0.2, 0) is 4.79 Å². The van der Waals surface area contributed by atoms with Gasteiger partial charge in [0.15, 0.2) is 0 Å². The molecule has 3 heterocycles. The highest BCUT2D eigenvalue weighted by Gasteiger charge is 2.30. The number of carbonyl (C=O) groups is 2. The van der Waals surface area contributed by atoms with E-state index in [9.17, 15) is 9.59 Å².